The molecule has 0 aliphatic carbocycles. The van der Waals surface area contributed by atoms with Crippen LogP contribution in [0.2, 0.25) is 0 Å². The van der Waals surface area contributed by atoms with Crippen molar-refractivity contribution in [2.75, 3.05) is 0 Å². The summed E-state index contributed by atoms with van der Waals surface area (Å²) in [5.74, 6) is 0.568. The van der Waals surface area contributed by atoms with Crippen LogP contribution < -0.4 is 0 Å². The molecule has 0 aromatic heterocycles. The lowest BCUT2D eigenvalue weighted by atomic mass is 9.95. The van der Waals surface area contributed by atoms with Crippen molar-refractivity contribution >= 4 is 21.5 Å². The van der Waals surface area contributed by atoms with E-state index in [2.05, 4.69) is 93.6 Å². The molecule has 24 heavy (non-hydrogen) atoms. The van der Waals surface area contributed by atoms with Crippen LogP contribution >= 0.6 is 0 Å². The Morgan fingerprint density at radius 3 is 1.67 bits per heavy atom. The summed E-state index contributed by atoms with van der Waals surface area (Å²) < 4.78 is 0. The van der Waals surface area contributed by atoms with Crippen molar-refractivity contribution in [1.29, 1.82) is 0 Å². The summed E-state index contributed by atoms with van der Waals surface area (Å²) >= 11 is 0. The average Bonchev–Trinajstić information content (AvgIpc) is 2.60. The zero-order chi connectivity index (χ0) is 16.7. The quantitative estimate of drug-likeness (QED) is 0.370. The lowest BCUT2D eigenvalue weighted by molar-refractivity contribution is 0.869. The first-order chi connectivity index (χ1) is 11.6. The van der Waals surface area contributed by atoms with E-state index in [4.69, 9.17) is 0 Å². The Balaban J connectivity index is 1.81. The third-order valence-electron chi connectivity index (χ3n) is 4.86. The second-order valence-corrected chi connectivity index (χ2v) is 7.04. The summed E-state index contributed by atoms with van der Waals surface area (Å²) in [7, 11) is 0. The lowest BCUT2D eigenvalue weighted by Crippen LogP contribution is -1.87. The third kappa shape index (κ3) is 2.69. The van der Waals surface area contributed by atoms with Gasteiger partial charge in [-0.05, 0) is 63.2 Å². The highest BCUT2D eigenvalue weighted by Crippen LogP contribution is 2.29. The number of rotatable bonds is 2. The third-order valence-corrected chi connectivity index (χ3v) is 4.86. The maximum Gasteiger partial charge on any atom is -0.0177 e. The molecule has 0 atom stereocenters. The van der Waals surface area contributed by atoms with Crippen LogP contribution in [0, 0.1) is 6.92 Å². The van der Waals surface area contributed by atoms with E-state index in [9.17, 15) is 0 Å². The molecule has 0 amide bonds. The second-order valence-electron chi connectivity index (χ2n) is 7.04. The van der Waals surface area contributed by atoms with Crippen LogP contribution in [-0.4, -0.2) is 0 Å². The van der Waals surface area contributed by atoms with Crippen LogP contribution in [0.25, 0.3) is 32.7 Å². The van der Waals surface area contributed by atoms with Crippen molar-refractivity contribution in [3.05, 3.63) is 83.9 Å². The highest BCUT2D eigenvalue weighted by atomic mass is 14.1. The van der Waals surface area contributed by atoms with E-state index in [0.29, 0.717) is 5.92 Å². The molecule has 0 saturated heterocycles. The lowest BCUT2D eigenvalue weighted by Gasteiger charge is -2.09. The minimum atomic E-state index is 0.568. The fourth-order valence-corrected chi connectivity index (χ4v) is 3.35. The first kappa shape index (κ1) is 15.0. The molecule has 0 saturated carbocycles. The van der Waals surface area contributed by atoms with Gasteiger partial charge >= 0.3 is 0 Å². The Labute approximate surface area is 143 Å². The molecule has 118 valence electrons. The molecule has 0 bridgehead atoms. The minimum Gasteiger partial charge on any atom is -0.0587 e. The van der Waals surface area contributed by atoms with Crippen molar-refractivity contribution < 1.29 is 0 Å². The van der Waals surface area contributed by atoms with Gasteiger partial charge in [-0.1, -0.05) is 80.1 Å². The van der Waals surface area contributed by atoms with Crippen molar-refractivity contribution in [3.8, 4) is 11.1 Å². The summed E-state index contributed by atoms with van der Waals surface area (Å²) in [6, 6.07) is 27.0. The largest absolute Gasteiger partial charge is 0.0587 e. The highest BCUT2D eigenvalue weighted by molar-refractivity contribution is 5.91. The van der Waals surface area contributed by atoms with Gasteiger partial charge in [0.25, 0.3) is 0 Å². The van der Waals surface area contributed by atoms with Crippen LogP contribution in [0.3, 0.4) is 0 Å². The van der Waals surface area contributed by atoms with Gasteiger partial charge in [-0.2, -0.15) is 0 Å². The highest BCUT2D eigenvalue weighted by Gasteiger charge is 2.04. The van der Waals surface area contributed by atoms with Gasteiger partial charge in [0.05, 0.1) is 0 Å². The van der Waals surface area contributed by atoms with Gasteiger partial charge in [-0.3, -0.25) is 0 Å². The molecule has 0 unspecified atom stereocenters. The Morgan fingerprint density at radius 1 is 0.542 bits per heavy atom. The maximum atomic E-state index is 2.31. The molecule has 0 aliphatic heterocycles. The summed E-state index contributed by atoms with van der Waals surface area (Å²) in [5.41, 5.74) is 5.27. The standard InChI is InChI=1S/C24H22/c1-16(2)18-6-7-22-15-24(11-10-21(22)13-18)23-9-8-19-12-17(3)4-5-20(19)14-23/h4-16H,1-3H3. The Bertz CT molecular complexity index is 1040. The molecule has 0 fully saturated rings. The number of hydrogen-bond donors (Lipinski definition) is 0. The molecule has 0 radical (unpaired) electrons. The first-order valence-corrected chi connectivity index (χ1v) is 8.65. The van der Waals surface area contributed by atoms with Crippen molar-refractivity contribution in [2.24, 2.45) is 0 Å². The van der Waals surface area contributed by atoms with E-state index in [1.54, 1.807) is 0 Å². The van der Waals surface area contributed by atoms with E-state index in [1.807, 2.05) is 0 Å². The molecule has 4 rings (SSSR count). The SMILES string of the molecule is Cc1ccc2cc(-c3ccc4cc(C(C)C)ccc4c3)ccc2c1. The minimum absolute atomic E-state index is 0.568. The average molecular weight is 310 g/mol. The van der Waals surface area contributed by atoms with E-state index in [0.717, 1.165) is 0 Å². The molecule has 0 aliphatic rings. The fraction of sp³-hybridized carbons (Fsp3) is 0.167. The van der Waals surface area contributed by atoms with E-state index < -0.39 is 0 Å². The zero-order valence-corrected chi connectivity index (χ0v) is 14.5. The number of fused-ring (bicyclic) bond motifs is 2. The normalized spacial score (nSPS) is 11.5. The molecular formula is C24H22. The van der Waals surface area contributed by atoms with Crippen LogP contribution in [-0.2, 0) is 0 Å². The molecule has 0 heterocycles. The molecule has 0 spiro atoms. The predicted octanol–water partition coefficient (Wildman–Crippen LogP) is 7.09. The Morgan fingerprint density at radius 2 is 1.04 bits per heavy atom. The van der Waals surface area contributed by atoms with Crippen molar-refractivity contribution in [1.82, 2.24) is 0 Å². The monoisotopic (exact) mass is 310 g/mol. The second kappa shape index (κ2) is 5.79. The van der Waals surface area contributed by atoms with Gasteiger partial charge in [0.2, 0.25) is 0 Å². The summed E-state index contributed by atoms with van der Waals surface area (Å²) in [4.78, 5) is 0. The number of aryl methyl sites for hydroxylation is 1. The van der Waals surface area contributed by atoms with E-state index in [1.165, 1.54) is 43.8 Å². The maximum absolute atomic E-state index is 2.31. The van der Waals surface area contributed by atoms with Crippen molar-refractivity contribution in [2.45, 2.75) is 26.7 Å². The van der Waals surface area contributed by atoms with Crippen LogP contribution in [0.4, 0.5) is 0 Å². The van der Waals surface area contributed by atoms with Gasteiger partial charge in [0, 0.05) is 0 Å². The number of hydrogen-bond acceptors (Lipinski definition) is 0. The molecular weight excluding hydrogens is 288 g/mol. The number of benzene rings is 4. The molecule has 0 heteroatoms. The van der Waals surface area contributed by atoms with Crippen LogP contribution in [0.5, 0.6) is 0 Å². The fourth-order valence-electron chi connectivity index (χ4n) is 3.35. The summed E-state index contributed by atoms with van der Waals surface area (Å²) in [6.07, 6.45) is 0. The van der Waals surface area contributed by atoms with E-state index in [-0.39, 0.29) is 0 Å². The van der Waals surface area contributed by atoms with Crippen LogP contribution in [0.1, 0.15) is 30.9 Å². The van der Waals surface area contributed by atoms with Gasteiger partial charge in [0.15, 0.2) is 0 Å². The van der Waals surface area contributed by atoms with Crippen LogP contribution in [0.15, 0.2) is 72.8 Å². The Kier molecular flexibility index (Phi) is 3.61. The summed E-state index contributed by atoms with van der Waals surface area (Å²) in [6.45, 7) is 6.63. The van der Waals surface area contributed by atoms with Gasteiger partial charge in [-0.15, -0.1) is 0 Å². The summed E-state index contributed by atoms with van der Waals surface area (Å²) in [5, 5.41) is 5.23. The van der Waals surface area contributed by atoms with Crippen molar-refractivity contribution in [3.63, 3.8) is 0 Å². The topological polar surface area (TPSA) is 0 Å². The molecule has 4 aromatic rings. The van der Waals surface area contributed by atoms with E-state index >= 15 is 0 Å². The Hall–Kier alpha value is -2.60. The smallest absolute Gasteiger partial charge is 0.0177 e. The predicted molar refractivity (Wildman–Crippen MR) is 106 cm³/mol. The molecule has 4 aromatic carbocycles. The van der Waals surface area contributed by atoms with Gasteiger partial charge < -0.3 is 0 Å². The first-order valence-electron chi connectivity index (χ1n) is 8.65. The molecule has 0 nitrogen and oxygen atoms in total. The van der Waals surface area contributed by atoms with Gasteiger partial charge in [-0.25, -0.2) is 0 Å². The van der Waals surface area contributed by atoms with Gasteiger partial charge in [0.1, 0.15) is 0 Å². The molecule has 0 N–H and O–H groups in total. The zero-order valence-electron chi connectivity index (χ0n) is 14.5.